The lowest BCUT2D eigenvalue weighted by Gasteiger charge is -2.35. The van der Waals surface area contributed by atoms with Gasteiger partial charge in [-0.05, 0) is 51.1 Å². The molecule has 116 valence electrons. The van der Waals surface area contributed by atoms with Crippen LogP contribution in [0.1, 0.15) is 61.6 Å². The van der Waals surface area contributed by atoms with Crippen LogP contribution in [0.3, 0.4) is 0 Å². The quantitative estimate of drug-likeness (QED) is 0.873. The number of nitrogens with one attached hydrogen (secondary N) is 2. The van der Waals surface area contributed by atoms with Gasteiger partial charge in [-0.25, -0.2) is 0 Å². The second-order valence-electron chi connectivity index (χ2n) is 6.78. The van der Waals surface area contributed by atoms with Gasteiger partial charge in [-0.3, -0.25) is 14.8 Å². The van der Waals surface area contributed by atoms with E-state index in [2.05, 4.69) is 34.3 Å². The molecular weight excluding hydrogens is 264 g/mol. The van der Waals surface area contributed by atoms with Crippen LogP contribution in [-0.2, 0) is 0 Å². The Bertz CT molecular complexity index is 494. The van der Waals surface area contributed by atoms with E-state index in [0.29, 0.717) is 24.2 Å². The first-order valence-corrected chi connectivity index (χ1v) is 8.21. The molecular formula is C16H26N4O. The standard InChI is InChI=1S/C16H26N4O/c1-11-4-3-7-20(10-11)12(2)9-17-16(21)15-8-14(18-19-15)13-5-6-13/h8,11-13H,3-7,9-10H2,1-2H3,(H,17,21)(H,18,19)/t11-,12+/m1/s1. The smallest absolute Gasteiger partial charge is 0.271 e. The molecule has 0 spiro atoms. The normalized spacial score (nSPS) is 24.8. The SMILES string of the molecule is C[C@@H]1CCCN([C@@H](C)CNC(=O)c2cc(C3CC3)[nH]n2)C1. The van der Waals surface area contributed by atoms with Crippen LogP contribution >= 0.6 is 0 Å². The van der Waals surface area contributed by atoms with E-state index in [1.54, 1.807) is 0 Å². The Balaban J connectivity index is 1.47. The molecule has 2 N–H and O–H groups in total. The van der Waals surface area contributed by atoms with Crippen molar-refractivity contribution in [3.63, 3.8) is 0 Å². The third-order valence-corrected chi connectivity index (χ3v) is 4.72. The first kappa shape index (κ1) is 14.6. The van der Waals surface area contributed by atoms with Crippen molar-refractivity contribution in [3.8, 4) is 0 Å². The largest absolute Gasteiger partial charge is 0.349 e. The summed E-state index contributed by atoms with van der Waals surface area (Å²) in [6, 6.07) is 2.29. The van der Waals surface area contributed by atoms with Gasteiger partial charge in [0.25, 0.3) is 5.91 Å². The first-order chi connectivity index (χ1) is 10.1. The Morgan fingerprint density at radius 1 is 1.52 bits per heavy atom. The third kappa shape index (κ3) is 3.64. The highest BCUT2D eigenvalue weighted by Gasteiger charge is 2.27. The fourth-order valence-electron chi connectivity index (χ4n) is 3.14. The maximum atomic E-state index is 12.1. The number of hydrogen-bond acceptors (Lipinski definition) is 3. The minimum atomic E-state index is -0.0601. The van der Waals surface area contributed by atoms with Gasteiger partial charge < -0.3 is 5.32 Å². The molecule has 1 aromatic rings. The van der Waals surface area contributed by atoms with E-state index < -0.39 is 0 Å². The molecule has 1 saturated carbocycles. The van der Waals surface area contributed by atoms with E-state index >= 15 is 0 Å². The molecule has 0 radical (unpaired) electrons. The lowest BCUT2D eigenvalue weighted by atomic mass is 9.99. The fraction of sp³-hybridized carbons (Fsp3) is 0.750. The number of rotatable bonds is 5. The van der Waals surface area contributed by atoms with Crippen molar-refractivity contribution in [2.75, 3.05) is 19.6 Å². The number of amides is 1. The molecule has 0 unspecified atom stereocenters. The second-order valence-corrected chi connectivity index (χ2v) is 6.78. The van der Waals surface area contributed by atoms with Crippen LogP contribution in [0, 0.1) is 5.92 Å². The summed E-state index contributed by atoms with van der Waals surface area (Å²) in [7, 11) is 0. The molecule has 1 aromatic heterocycles. The fourth-order valence-corrected chi connectivity index (χ4v) is 3.14. The van der Waals surface area contributed by atoms with E-state index in [0.717, 1.165) is 24.7 Å². The topological polar surface area (TPSA) is 61.0 Å². The molecule has 1 aliphatic heterocycles. The highest BCUT2D eigenvalue weighted by Crippen LogP contribution is 2.38. The van der Waals surface area contributed by atoms with Gasteiger partial charge in [-0.2, -0.15) is 5.10 Å². The average molecular weight is 290 g/mol. The number of aromatic nitrogens is 2. The molecule has 2 heterocycles. The Kier molecular flexibility index (Phi) is 4.29. The Labute approximate surface area is 126 Å². The van der Waals surface area contributed by atoms with Gasteiger partial charge in [0.05, 0.1) is 0 Å². The molecule has 1 saturated heterocycles. The van der Waals surface area contributed by atoms with Crippen LogP contribution in [0.15, 0.2) is 6.07 Å². The maximum absolute atomic E-state index is 12.1. The highest BCUT2D eigenvalue weighted by molar-refractivity contribution is 5.92. The first-order valence-electron chi connectivity index (χ1n) is 8.21. The number of hydrogen-bond donors (Lipinski definition) is 2. The van der Waals surface area contributed by atoms with Crippen molar-refractivity contribution in [1.82, 2.24) is 20.4 Å². The van der Waals surface area contributed by atoms with Crippen molar-refractivity contribution < 1.29 is 4.79 Å². The lowest BCUT2D eigenvalue weighted by molar-refractivity contribution is 0.0912. The molecule has 21 heavy (non-hydrogen) atoms. The molecule has 5 nitrogen and oxygen atoms in total. The number of carbonyl (C=O) groups excluding carboxylic acids is 1. The van der Waals surface area contributed by atoms with Gasteiger partial charge in [0.15, 0.2) is 0 Å². The molecule has 5 heteroatoms. The molecule has 0 bridgehead atoms. The van der Waals surface area contributed by atoms with Gasteiger partial charge in [-0.15, -0.1) is 0 Å². The minimum absolute atomic E-state index is 0.0601. The Morgan fingerprint density at radius 3 is 3.05 bits per heavy atom. The summed E-state index contributed by atoms with van der Waals surface area (Å²) in [6.45, 7) is 7.48. The van der Waals surface area contributed by atoms with Crippen LogP contribution in [0.4, 0.5) is 0 Å². The van der Waals surface area contributed by atoms with E-state index in [4.69, 9.17) is 0 Å². The monoisotopic (exact) mass is 290 g/mol. The zero-order valence-electron chi connectivity index (χ0n) is 13.1. The number of carbonyl (C=O) groups is 1. The molecule has 1 aliphatic carbocycles. The Hall–Kier alpha value is -1.36. The molecule has 2 fully saturated rings. The predicted molar refractivity (Wildman–Crippen MR) is 82.3 cm³/mol. The summed E-state index contributed by atoms with van der Waals surface area (Å²) < 4.78 is 0. The van der Waals surface area contributed by atoms with E-state index in [9.17, 15) is 4.79 Å². The summed E-state index contributed by atoms with van der Waals surface area (Å²) >= 11 is 0. The van der Waals surface area contributed by atoms with Crippen LogP contribution in [0.2, 0.25) is 0 Å². The number of H-pyrrole nitrogens is 1. The summed E-state index contributed by atoms with van der Waals surface area (Å²) in [6.07, 6.45) is 5.03. The van der Waals surface area contributed by atoms with Crippen LogP contribution in [0.5, 0.6) is 0 Å². The molecule has 2 aliphatic rings. The summed E-state index contributed by atoms with van der Waals surface area (Å²) in [5.41, 5.74) is 1.63. The van der Waals surface area contributed by atoms with Crippen LogP contribution < -0.4 is 5.32 Å². The number of piperidine rings is 1. The molecule has 1 amide bonds. The Morgan fingerprint density at radius 2 is 2.33 bits per heavy atom. The van der Waals surface area contributed by atoms with E-state index in [-0.39, 0.29) is 5.91 Å². The van der Waals surface area contributed by atoms with Crippen molar-refractivity contribution in [2.24, 2.45) is 5.92 Å². The number of aromatic amines is 1. The zero-order valence-corrected chi connectivity index (χ0v) is 13.1. The lowest BCUT2D eigenvalue weighted by Crippen LogP contribution is -2.46. The second kappa shape index (κ2) is 6.18. The minimum Gasteiger partial charge on any atom is -0.349 e. The van der Waals surface area contributed by atoms with E-state index in [1.807, 2.05) is 6.07 Å². The zero-order chi connectivity index (χ0) is 14.8. The average Bonchev–Trinajstić information content (AvgIpc) is 3.22. The molecule has 2 atom stereocenters. The number of likely N-dealkylation sites (tertiary alicyclic amines) is 1. The van der Waals surface area contributed by atoms with Crippen molar-refractivity contribution in [1.29, 1.82) is 0 Å². The van der Waals surface area contributed by atoms with Crippen LogP contribution in [0.25, 0.3) is 0 Å². The van der Waals surface area contributed by atoms with Crippen molar-refractivity contribution in [2.45, 2.75) is 51.5 Å². The van der Waals surface area contributed by atoms with Gasteiger partial charge >= 0.3 is 0 Å². The summed E-state index contributed by atoms with van der Waals surface area (Å²) in [5.74, 6) is 1.31. The summed E-state index contributed by atoms with van der Waals surface area (Å²) in [4.78, 5) is 14.6. The third-order valence-electron chi connectivity index (χ3n) is 4.72. The van der Waals surface area contributed by atoms with Gasteiger partial charge in [0, 0.05) is 30.7 Å². The van der Waals surface area contributed by atoms with Crippen molar-refractivity contribution >= 4 is 5.91 Å². The summed E-state index contributed by atoms with van der Waals surface area (Å²) in [5, 5.41) is 10.1. The molecule has 0 aromatic carbocycles. The highest BCUT2D eigenvalue weighted by atomic mass is 16.1. The van der Waals surface area contributed by atoms with Crippen LogP contribution in [-0.4, -0.2) is 46.7 Å². The van der Waals surface area contributed by atoms with Crippen molar-refractivity contribution in [3.05, 3.63) is 17.5 Å². The van der Waals surface area contributed by atoms with Gasteiger partial charge in [0.1, 0.15) is 5.69 Å². The van der Waals surface area contributed by atoms with E-state index in [1.165, 1.54) is 25.7 Å². The maximum Gasteiger partial charge on any atom is 0.271 e. The number of nitrogens with zero attached hydrogens (tertiary/aromatic N) is 2. The predicted octanol–water partition coefficient (Wildman–Crippen LogP) is 2.14. The molecule has 3 rings (SSSR count). The van der Waals surface area contributed by atoms with Gasteiger partial charge in [-0.1, -0.05) is 6.92 Å². The van der Waals surface area contributed by atoms with Gasteiger partial charge in [0.2, 0.25) is 0 Å².